The zero-order valence-electron chi connectivity index (χ0n) is 18.9. The molecule has 0 atom stereocenters. The minimum Gasteiger partial charge on any atom is -0.456 e. The number of nitro benzene ring substituents is 1. The molecule has 8 nitrogen and oxygen atoms in total. The number of oxazole rings is 1. The van der Waals surface area contributed by atoms with E-state index in [2.05, 4.69) is 10.3 Å². The van der Waals surface area contributed by atoms with Crippen molar-refractivity contribution in [3.05, 3.63) is 105 Å². The Hall–Kier alpha value is -4.69. The highest BCUT2D eigenvalue weighted by atomic mass is 35.5. The highest BCUT2D eigenvalue weighted by Gasteiger charge is 2.17. The van der Waals surface area contributed by atoms with E-state index in [1.807, 2.05) is 25.1 Å². The normalized spacial score (nSPS) is 11.3. The molecule has 3 aromatic carbocycles. The second-order valence-electron chi connectivity index (χ2n) is 7.98. The van der Waals surface area contributed by atoms with Gasteiger partial charge in [0.1, 0.15) is 17.0 Å². The molecule has 36 heavy (non-hydrogen) atoms. The first kappa shape index (κ1) is 23.1. The summed E-state index contributed by atoms with van der Waals surface area (Å²) < 4.78 is 11.5. The second kappa shape index (κ2) is 9.52. The van der Waals surface area contributed by atoms with Gasteiger partial charge in [0, 0.05) is 17.8 Å². The van der Waals surface area contributed by atoms with E-state index in [0.29, 0.717) is 44.8 Å². The number of hydrogen-bond acceptors (Lipinski definition) is 6. The Labute approximate surface area is 210 Å². The van der Waals surface area contributed by atoms with Crippen molar-refractivity contribution in [1.82, 2.24) is 4.98 Å². The monoisotopic (exact) mass is 499 g/mol. The van der Waals surface area contributed by atoms with Crippen LogP contribution in [0.5, 0.6) is 0 Å². The number of furan rings is 1. The molecule has 0 saturated heterocycles. The van der Waals surface area contributed by atoms with E-state index < -0.39 is 10.8 Å². The maximum atomic E-state index is 12.5. The van der Waals surface area contributed by atoms with Gasteiger partial charge in [-0.1, -0.05) is 29.8 Å². The Morgan fingerprint density at radius 1 is 1.03 bits per heavy atom. The molecule has 0 radical (unpaired) electrons. The van der Waals surface area contributed by atoms with E-state index in [1.165, 1.54) is 18.2 Å². The lowest BCUT2D eigenvalue weighted by Gasteiger charge is -2.05. The van der Waals surface area contributed by atoms with Crippen LogP contribution in [-0.2, 0) is 4.79 Å². The topological polar surface area (TPSA) is 111 Å². The highest BCUT2D eigenvalue weighted by molar-refractivity contribution is 6.33. The van der Waals surface area contributed by atoms with Gasteiger partial charge in [-0.2, -0.15) is 0 Å². The molecule has 0 bridgehead atoms. The molecular formula is C27H18ClN3O5. The Kier molecular flexibility index (Phi) is 6.10. The minimum atomic E-state index is -0.469. The third-order valence-electron chi connectivity index (χ3n) is 5.40. The summed E-state index contributed by atoms with van der Waals surface area (Å²) in [5.74, 6) is 0.653. The number of amides is 1. The molecule has 2 heterocycles. The fourth-order valence-corrected chi connectivity index (χ4v) is 3.89. The maximum absolute atomic E-state index is 12.5. The van der Waals surface area contributed by atoms with Gasteiger partial charge in [-0.3, -0.25) is 14.9 Å². The quantitative estimate of drug-likeness (QED) is 0.149. The zero-order chi connectivity index (χ0) is 25.2. The Morgan fingerprint density at radius 3 is 2.69 bits per heavy atom. The number of para-hydroxylation sites is 1. The van der Waals surface area contributed by atoms with E-state index in [9.17, 15) is 14.9 Å². The number of carbonyl (C=O) groups is 1. The lowest BCUT2D eigenvalue weighted by molar-refractivity contribution is -0.384. The van der Waals surface area contributed by atoms with Crippen LogP contribution in [0.3, 0.4) is 0 Å². The van der Waals surface area contributed by atoms with Gasteiger partial charge in [-0.15, -0.1) is 0 Å². The molecule has 0 aliphatic rings. The first-order chi connectivity index (χ1) is 17.4. The molecule has 0 saturated carbocycles. The summed E-state index contributed by atoms with van der Waals surface area (Å²) in [4.78, 5) is 27.8. The predicted octanol–water partition coefficient (Wildman–Crippen LogP) is 7.28. The van der Waals surface area contributed by atoms with Crippen molar-refractivity contribution in [2.75, 3.05) is 5.32 Å². The summed E-state index contributed by atoms with van der Waals surface area (Å²) in [6.45, 7) is 1.97. The van der Waals surface area contributed by atoms with E-state index in [0.717, 1.165) is 11.1 Å². The van der Waals surface area contributed by atoms with Crippen molar-refractivity contribution >= 4 is 46.1 Å². The van der Waals surface area contributed by atoms with Crippen molar-refractivity contribution in [3.8, 4) is 22.8 Å². The Morgan fingerprint density at radius 2 is 1.86 bits per heavy atom. The summed E-state index contributed by atoms with van der Waals surface area (Å²) in [5, 5.41) is 14.5. The highest BCUT2D eigenvalue weighted by Crippen LogP contribution is 2.33. The molecule has 0 unspecified atom stereocenters. The minimum absolute atomic E-state index is 0.0623. The van der Waals surface area contributed by atoms with Gasteiger partial charge in [0.2, 0.25) is 11.8 Å². The fourth-order valence-electron chi connectivity index (χ4n) is 3.69. The van der Waals surface area contributed by atoms with Crippen LogP contribution < -0.4 is 5.32 Å². The fraction of sp³-hybridized carbons (Fsp3) is 0.0370. The largest absolute Gasteiger partial charge is 0.456 e. The van der Waals surface area contributed by atoms with Gasteiger partial charge in [0.15, 0.2) is 5.58 Å². The first-order valence-corrected chi connectivity index (χ1v) is 11.2. The number of rotatable bonds is 6. The summed E-state index contributed by atoms with van der Waals surface area (Å²) in [6.07, 6.45) is 2.78. The number of hydrogen-bond donors (Lipinski definition) is 1. The molecule has 178 valence electrons. The van der Waals surface area contributed by atoms with Crippen LogP contribution in [0.1, 0.15) is 11.3 Å². The third kappa shape index (κ3) is 4.75. The van der Waals surface area contributed by atoms with Crippen molar-refractivity contribution in [2.24, 2.45) is 0 Å². The van der Waals surface area contributed by atoms with Gasteiger partial charge in [0.25, 0.3) is 5.69 Å². The molecule has 0 spiro atoms. The predicted molar refractivity (Wildman–Crippen MR) is 138 cm³/mol. The zero-order valence-corrected chi connectivity index (χ0v) is 19.7. The lowest BCUT2D eigenvalue weighted by atomic mass is 10.1. The van der Waals surface area contributed by atoms with Crippen molar-refractivity contribution in [1.29, 1.82) is 0 Å². The average Bonchev–Trinajstić information content (AvgIpc) is 3.51. The molecule has 0 aliphatic heterocycles. The van der Waals surface area contributed by atoms with Gasteiger partial charge in [-0.25, -0.2) is 4.98 Å². The molecular weight excluding hydrogens is 482 g/mol. The van der Waals surface area contributed by atoms with Crippen LogP contribution in [0.2, 0.25) is 5.02 Å². The van der Waals surface area contributed by atoms with Crippen molar-refractivity contribution < 1.29 is 18.6 Å². The standard InChI is InChI=1S/C27H18ClN3O5/c1-16-6-11-25-22(14-16)30-27(36-25)20-15-17(7-10-21(20)28)29-26(32)13-9-18-8-12-24(35-18)19-4-2-3-5-23(19)31(33)34/h2-15H,1H3,(H,29,32)/b13-9+. The number of nitrogens with zero attached hydrogens (tertiary/aromatic N) is 2. The molecule has 1 N–H and O–H groups in total. The summed E-state index contributed by atoms with van der Waals surface area (Å²) in [6, 6.07) is 20.3. The first-order valence-electron chi connectivity index (χ1n) is 10.9. The lowest BCUT2D eigenvalue weighted by Crippen LogP contribution is -2.07. The number of aromatic nitrogens is 1. The molecule has 0 fully saturated rings. The van der Waals surface area contributed by atoms with E-state index in [-0.39, 0.29) is 5.69 Å². The van der Waals surface area contributed by atoms with Crippen LogP contribution in [0.15, 0.2) is 87.7 Å². The second-order valence-corrected chi connectivity index (χ2v) is 8.39. The van der Waals surface area contributed by atoms with Gasteiger partial charge >= 0.3 is 0 Å². The Balaban J connectivity index is 1.32. The summed E-state index contributed by atoms with van der Waals surface area (Å²) in [7, 11) is 0. The van der Waals surface area contributed by atoms with Crippen molar-refractivity contribution in [2.45, 2.75) is 6.92 Å². The number of nitro groups is 1. The third-order valence-corrected chi connectivity index (χ3v) is 5.73. The van der Waals surface area contributed by atoms with E-state index in [4.69, 9.17) is 20.4 Å². The number of benzene rings is 3. The maximum Gasteiger partial charge on any atom is 0.280 e. The number of halogens is 1. The van der Waals surface area contributed by atoms with Crippen molar-refractivity contribution in [3.63, 3.8) is 0 Å². The molecule has 1 amide bonds. The number of carbonyl (C=O) groups excluding carboxylic acids is 1. The van der Waals surface area contributed by atoms with Crippen LogP contribution in [0.25, 0.3) is 40.0 Å². The average molecular weight is 500 g/mol. The van der Waals surface area contributed by atoms with Gasteiger partial charge in [-0.05, 0) is 67.1 Å². The molecule has 0 aliphatic carbocycles. The SMILES string of the molecule is Cc1ccc2oc(-c3cc(NC(=O)/C=C/c4ccc(-c5ccccc5[N+](=O)[O-])o4)ccc3Cl)nc2c1. The number of nitrogens with one attached hydrogen (secondary N) is 1. The van der Waals surface area contributed by atoms with Gasteiger partial charge < -0.3 is 14.2 Å². The molecule has 5 aromatic rings. The van der Waals surface area contributed by atoms with Crippen LogP contribution in [-0.4, -0.2) is 15.8 Å². The number of aryl methyl sites for hydroxylation is 1. The summed E-state index contributed by atoms with van der Waals surface area (Å²) >= 11 is 6.37. The number of fused-ring (bicyclic) bond motifs is 1. The molecule has 5 rings (SSSR count). The van der Waals surface area contributed by atoms with Gasteiger partial charge in [0.05, 0.1) is 21.1 Å². The van der Waals surface area contributed by atoms with E-state index >= 15 is 0 Å². The smallest absolute Gasteiger partial charge is 0.280 e. The summed E-state index contributed by atoms with van der Waals surface area (Å²) in [5.41, 5.74) is 3.77. The van der Waals surface area contributed by atoms with E-state index in [1.54, 1.807) is 48.5 Å². The molecule has 9 heteroatoms. The van der Waals surface area contributed by atoms with Crippen LogP contribution in [0.4, 0.5) is 11.4 Å². The van der Waals surface area contributed by atoms with Crippen LogP contribution >= 0.6 is 11.6 Å². The Bertz CT molecular complexity index is 1650. The molecule has 2 aromatic heterocycles. The number of anilines is 1. The van der Waals surface area contributed by atoms with Crippen LogP contribution in [0, 0.1) is 17.0 Å².